The van der Waals surface area contributed by atoms with Gasteiger partial charge in [0.2, 0.25) is 0 Å². The van der Waals surface area contributed by atoms with Crippen molar-refractivity contribution in [3.63, 3.8) is 0 Å². The molecule has 3 atom stereocenters. The predicted molar refractivity (Wildman–Crippen MR) is 78.1 cm³/mol. The van der Waals surface area contributed by atoms with E-state index in [1.54, 1.807) is 13.2 Å². The molecular formula is C17H22O3. The molecule has 1 aromatic rings. The Morgan fingerprint density at radius 2 is 2.00 bits per heavy atom. The van der Waals surface area contributed by atoms with Crippen LogP contribution in [-0.4, -0.2) is 18.5 Å². The van der Waals surface area contributed by atoms with Crippen LogP contribution in [0.2, 0.25) is 0 Å². The van der Waals surface area contributed by atoms with Gasteiger partial charge in [0.1, 0.15) is 6.10 Å². The zero-order valence-corrected chi connectivity index (χ0v) is 12.3. The van der Waals surface area contributed by atoms with E-state index in [0.29, 0.717) is 18.8 Å². The molecule has 0 fully saturated rings. The zero-order valence-electron chi connectivity index (χ0n) is 12.3. The molecule has 0 unspecified atom stereocenters. The SMILES string of the molecule is CC1=CO[C@H]([C@H](C)COCc2ccccc2)[C@H](C)C1=O. The largest absolute Gasteiger partial charge is 0.497 e. The number of carbonyl (C=O) groups is 1. The van der Waals surface area contributed by atoms with Crippen molar-refractivity contribution in [3.8, 4) is 0 Å². The van der Waals surface area contributed by atoms with Crippen LogP contribution >= 0.6 is 0 Å². The molecule has 1 aliphatic heterocycles. The second-order valence-electron chi connectivity index (χ2n) is 5.53. The second-order valence-corrected chi connectivity index (χ2v) is 5.53. The number of ketones is 1. The summed E-state index contributed by atoms with van der Waals surface area (Å²) in [7, 11) is 0. The van der Waals surface area contributed by atoms with Crippen molar-refractivity contribution in [2.45, 2.75) is 33.5 Å². The van der Waals surface area contributed by atoms with Crippen LogP contribution in [0, 0.1) is 11.8 Å². The number of hydrogen-bond acceptors (Lipinski definition) is 3. The van der Waals surface area contributed by atoms with Crippen LogP contribution in [0.5, 0.6) is 0 Å². The molecule has 1 aliphatic rings. The van der Waals surface area contributed by atoms with Crippen LogP contribution < -0.4 is 0 Å². The van der Waals surface area contributed by atoms with Crippen molar-refractivity contribution in [2.24, 2.45) is 11.8 Å². The average Bonchev–Trinajstić information content (AvgIpc) is 2.46. The molecule has 0 aromatic heterocycles. The lowest BCUT2D eigenvalue weighted by Gasteiger charge is -2.31. The van der Waals surface area contributed by atoms with Gasteiger partial charge in [-0.2, -0.15) is 0 Å². The highest BCUT2D eigenvalue weighted by Gasteiger charge is 2.33. The maximum Gasteiger partial charge on any atom is 0.168 e. The third kappa shape index (κ3) is 3.48. The molecule has 20 heavy (non-hydrogen) atoms. The quantitative estimate of drug-likeness (QED) is 0.826. The Hall–Kier alpha value is -1.61. The molecule has 108 valence electrons. The number of benzene rings is 1. The fourth-order valence-corrected chi connectivity index (χ4v) is 2.52. The van der Waals surface area contributed by atoms with Crippen LogP contribution in [0.3, 0.4) is 0 Å². The van der Waals surface area contributed by atoms with E-state index in [9.17, 15) is 4.79 Å². The fourth-order valence-electron chi connectivity index (χ4n) is 2.52. The summed E-state index contributed by atoms with van der Waals surface area (Å²) in [4.78, 5) is 11.9. The molecule has 1 heterocycles. The minimum Gasteiger partial charge on any atom is -0.497 e. The standard InChI is InChI=1S/C17H22O3/c1-12-10-20-17(14(3)16(12)18)13(2)9-19-11-15-7-5-4-6-8-15/h4-8,10,13-14,17H,9,11H2,1-3H3/t13-,14-,17-/m1/s1. The topological polar surface area (TPSA) is 35.5 Å². The van der Waals surface area contributed by atoms with Gasteiger partial charge in [0.25, 0.3) is 0 Å². The van der Waals surface area contributed by atoms with E-state index in [0.717, 1.165) is 5.56 Å². The lowest BCUT2D eigenvalue weighted by Crippen LogP contribution is -2.38. The van der Waals surface area contributed by atoms with Crippen molar-refractivity contribution in [1.82, 2.24) is 0 Å². The van der Waals surface area contributed by atoms with Gasteiger partial charge in [0, 0.05) is 11.5 Å². The van der Waals surface area contributed by atoms with Gasteiger partial charge in [-0.3, -0.25) is 4.79 Å². The number of Topliss-reactive ketones (excluding diaryl/α,β-unsaturated/α-hetero) is 1. The highest BCUT2D eigenvalue weighted by atomic mass is 16.5. The summed E-state index contributed by atoms with van der Waals surface area (Å²) >= 11 is 0. The number of ether oxygens (including phenoxy) is 2. The number of allylic oxidation sites excluding steroid dienone is 1. The molecule has 3 nitrogen and oxygen atoms in total. The highest BCUT2D eigenvalue weighted by molar-refractivity contribution is 5.97. The van der Waals surface area contributed by atoms with Crippen molar-refractivity contribution in [3.05, 3.63) is 47.7 Å². The minimum absolute atomic E-state index is 0.0954. The summed E-state index contributed by atoms with van der Waals surface area (Å²) in [6, 6.07) is 10.1. The summed E-state index contributed by atoms with van der Waals surface area (Å²) < 4.78 is 11.4. The molecule has 0 bridgehead atoms. The lowest BCUT2D eigenvalue weighted by molar-refractivity contribution is -0.127. The van der Waals surface area contributed by atoms with Gasteiger partial charge in [0.15, 0.2) is 5.78 Å². The van der Waals surface area contributed by atoms with Crippen LogP contribution in [-0.2, 0) is 20.9 Å². The summed E-state index contributed by atoms with van der Waals surface area (Å²) in [5, 5.41) is 0. The maximum absolute atomic E-state index is 11.9. The van der Waals surface area contributed by atoms with E-state index in [-0.39, 0.29) is 23.7 Å². The monoisotopic (exact) mass is 274 g/mol. The van der Waals surface area contributed by atoms with E-state index in [1.807, 2.05) is 37.3 Å². The van der Waals surface area contributed by atoms with Crippen molar-refractivity contribution < 1.29 is 14.3 Å². The lowest BCUT2D eigenvalue weighted by atomic mass is 9.86. The van der Waals surface area contributed by atoms with Gasteiger partial charge in [-0.1, -0.05) is 44.2 Å². The Morgan fingerprint density at radius 1 is 1.30 bits per heavy atom. The van der Waals surface area contributed by atoms with Crippen LogP contribution in [0.4, 0.5) is 0 Å². The Morgan fingerprint density at radius 3 is 2.70 bits per heavy atom. The Bertz CT molecular complexity index is 478. The van der Waals surface area contributed by atoms with E-state index < -0.39 is 0 Å². The maximum atomic E-state index is 11.9. The fraction of sp³-hybridized carbons (Fsp3) is 0.471. The molecule has 0 saturated heterocycles. The molecular weight excluding hydrogens is 252 g/mol. The van der Waals surface area contributed by atoms with Gasteiger partial charge < -0.3 is 9.47 Å². The molecule has 0 aliphatic carbocycles. The molecule has 0 spiro atoms. The van der Waals surface area contributed by atoms with E-state index in [1.165, 1.54) is 0 Å². The highest BCUT2D eigenvalue weighted by Crippen LogP contribution is 2.26. The van der Waals surface area contributed by atoms with Gasteiger partial charge in [-0.15, -0.1) is 0 Å². The van der Waals surface area contributed by atoms with E-state index >= 15 is 0 Å². The summed E-state index contributed by atoms with van der Waals surface area (Å²) in [6.45, 7) is 6.97. The minimum atomic E-state index is -0.102. The van der Waals surface area contributed by atoms with Crippen LogP contribution in [0.1, 0.15) is 26.3 Å². The first kappa shape index (κ1) is 14.8. The number of rotatable bonds is 5. The zero-order chi connectivity index (χ0) is 14.5. The number of carbonyl (C=O) groups excluding carboxylic acids is 1. The van der Waals surface area contributed by atoms with Gasteiger partial charge in [0.05, 0.1) is 25.4 Å². The van der Waals surface area contributed by atoms with Crippen molar-refractivity contribution in [1.29, 1.82) is 0 Å². The third-order valence-electron chi connectivity index (χ3n) is 3.75. The van der Waals surface area contributed by atoms with E-state index in [2.05, 4.69) is 6.92 Å². The second kappa shape index (κ2) is 6.71. The summed E-state index contributed by atoms with van der Waals surface area (Å²) in [6.07, 6.45) is 1.49. The first-order valence-electron chi connectivity index (χ1n) is 7.07. The summed E-state index contributed by atoms with van der Waals surface area (Å²) in [5.74, 6) is 0.258. The van der Waals surface area contributed by atoms with Gasteiger partial charge in [-0.05, 0) is 12.5 Å². The van der Waals surface area contributed by atoms with Gasteiger partial charge in [-0.25, -0.2) is 0 Å². The Balaban J connectivity index is 1.83. The number of hydrogen-bond donors (Lipinski definition) is 0. The molecule has 0 amide bonds. The normalized spacial score (nSPS) is 23.9. The molecule has 0 radical (unpaired) electrons. The summed E-state index contributed by atoms with van der Waals surface area (Å²) in [5.41, 5.74) is 1.86. The van der Waals surface area contributed by atoms with Crippen molar-refractivity contribution in [2.75, 3.05) is 6.61 Å². The van der Waals surface area contributed by atoms with Crippen LogP contribution in [0.25, 0.3) is 0 Å². The van der Waals surface area contributed by atoms with Crippen molar-refractivity contribution >= 4 is 5.78 Å². The third-order valence-corrected chi connectivity index (χ3v) is 3.75. The molecule has 2 rings (SSSR count). The molecule has 0 saturated carbocycles. The van der Waals surface area contributed by atoms with Gasteiger partial charge >= 0.3 is 0 Å². The predicted octanol–water partition coefficient (Wildman–Crippen LogP) is 3.35. The smallest absolute Gasteiger partial charge is 0.168 e. The first-order chi connectivity index (χ1) is 9.59. The molecule has 3 heteroatoms. The first-order valence-corrected chi connectivity index (χ1v) is 7.07. The van der Waals surface area contributed by atoms with Crippen LogP contribution in [0.15, 0.2) is 42.2 Å². The average molecular weight is 274 g/mol. The molecule has 1 aromatic carbocycles. The molecule has 0 N–H and O–H groups in total. The Kier molecular flexibility index (Phi) is 4.96. The Labute approximate surface area is 120 Å². The van der Waals surface area contributed by atoms with E-state index in [4.69, 9.17) is 9.47 Å².